The molecule has 9 heteroatoms. The van der Waals surface area contributed by atoms with Gasteiger partial charge in [-0.25, -0.2) is 4.79 Å². The molecule has 2 aromatic carbocycles. The SMILES string of the molecule is CCOCCn1c(=O)c2c(nc3n2C[C@@H](C)CN3c2ccc(Oc3ccccc3)cc2)n(C)c1=O. The molecule has 35 heavy (non-hydrogen) atoms. The first-order valence-electron chi connectivity index (χ1n) is 11.9. The number of anilines is 2. The van der Waals surface area contributed by atoms with Crippen molar-refractivity contribution in [3.8, 4) is 11.5 Å². The van der Waals surface area contributed by atoms with Crippen LogP contribution in [0.1, 0.15) is 13.8 Å². The van der Waals surface area contributed by atoms with Crippen LogP contribution < -0.4 is 20.9 Å². The fraction of sp³-hybridized carbons (Fsp3) is 0.346. The van der Waals surface area contributed by atoms with Gasteiger partial charge in [0.2, 0.25) is 5.95 Å². The average molecular weight is 476 g/mol. The third-order valence-electron chi connectivity index (χ3n) is 6.23. The van der Waals surface area contributed by atoms with Crippen molar-refractivity contribution in [2.75, 3.05) is 24.7 Å². The van der Waals surface area contributed by atoms with Crippen LogP contribution >= 0.6 is 0 Å². The van der Waals surface area contributed by atoms with E-state index in [0.29, 0.717) is 36.9 Å². The van der Waals surface area contributed by atoms with E-state index in [0.717, 1.165) is 23.7 Å². The zero-order chi connectivity index (χ0) is 24.5. The minimum absolute atomic E-state index is 0.206. The molecule has 0 amide bonds. The molecular formula is C26H29N5O4. The Morgan fingerprint density at radius 2 is 1.71 bits per heavy atom. The Kier molecular flexibility index (Phi) is 6.17. The number of hydrogen-bond donors (Lipinski definition) is 0. The van der Waals surface area contributed by atoms with Crippen molar-refractivity contribution in [1.29, 1.82) is 0 Å². The Morgan fingerprint density at radius 1 is 1.00 bits per heavy atom. The summed E-state index contributed by atoms with van der Waals surface area (Å²) in [7, 11) is 1.66. The Hall–Kier alpha value is -3.85. The molecule has 2 aromatic heterocycles. The first kappa shape index (κ1) is 22.9. The molecule has 0 radical (unpaired) electrons. The highest BCUT2D eigenvalue weighted by atomic mass is 16.5. The van der Waals surface area contributed by atoms with Crippen molar-refractivity contribution in [3.05, 3.63) is 75.4 Å². The van der Waals surface area contributed by atoms with E-state index in [-0.39, 0.29) is 23.7 Å². The van der Waals surface area contributed by atoms with Gasteiger partial charge in [-0.2, -0.15) is 4.98 Å². The van der Waals surface area contributed by atoms with Gasteiger partial charge in [0, 0.05) is 32.4 Å². The summed E-state index contributed by atoms with van der Waals surface area (Å²) in [5.41, 5.74) is 1.06. The van der Waals surface area contributed by atoms with Crippen LogP contribution in [0.5, 0.6) is 11.5 Å². The average Bonchev–Trinajstić information content (AvgIpc) is 3.25. The predicted molar refractivity (Wildman–Crippen MR) is 135 cm³/mol. The van der Waals surface area contributed by atoms with Gasteiger partial charge in [-0.1, -0.05) is 25.1 Å². The number of aromatic nitrogens is 4. The van der Waals surface area contributed by atoms with E-state index >= 15 is 0 Å². The fourth-order valence-corrected chi connectivity index (χ4v) is 4.54. The lowest BCUT2D eigenvalue weighted by Crippen LogP contribution is -2.41. The van der Waals surface area contributed by atoms with Gasteiger partial charge in [-0.05, 0) is 49.2 Å². The van der Waals surface area contributed by atoms with Crippen LogP contribution in [0, 0.1) is 5.92 Å². The summed E-state index contributed by atoms with van der Waals surface area (Å²) in [6.07, 6.45) is 0. The second-order valence-corrected chi connectivity index (χ2v) is 8.81. The lowest BCUT2D eigenvalue weighted by Gasteiger charge is -2.33. The third kappa shape index (κ3) is 4.23. The molecule has 0 saturated heterocycles. The molecule has 0 spiro atoms. The number of imidazole rings is 1. The molecule has 0 bridgehead atoms. The molecule has 4 aromatic rings. The molecule has 0 aliphatic carbocycles. The number of fused-ring (bicyclic) bond motifs is 3. The third-order valence-corrected chi connectivity index (χ3v) is 6.23. The highest BCUT2D eigenvalue weighted by Gasteiger charge is 2.29. The van der Waals surface area contributed by atoms with Crippen LogP contribution in [0.25, 0.3) is 11.2 Å². The van der Waals surface area contributed by atoms with Gasteiger partial charge >= 0.3 is 5.69 Å². The van der Waals surface area contributed by atoms with E-state index in [1.807, 2.05) is 66.1 Å². The van der Waals surface area contributed by atoms with Crippen molar-refractivity contribution in [2.24, 2.45) is 13.0 Å². The number of aryl methyl sites for hydroxylation is 1. The van der Waals surface area contributed by atoms with Gasteiger partial charge in [0.05, 0.1) is 13.2 Å². The smallest absolute Gasteiger partial charge is 0.332 e. The maximum Gasteiger partial charge on any atom is 0.332 e. The number of nitrogens with zero attached hydrogens (tertiary/aromatic N) is 5. The van der Waals surface area contributed by atoms with Crippen LogP contribution in [0.4, 0.5) is 11.6 Å². The number of hydrogen-bond acceptors (Lipinski definition) is 6. The summed E-state index contributed by atoms with van der Waals surface area (Å²) in [5, 5.41) is 0. The van der Waals surface area contributed by atoms with Crippen LogP contribution in [-0.4, -0.2) is 38.4 Å². The minimum atomic E-state index is -0.389. The van der Waals surface area contributed by atoms with Crippen LogP contribution in [0.2, 0.25) is 0 Å². The van der Waals surface area contributed by atoms with Gasteiger partial charge in [0.15, 0.2) is 11.2 Å². The number of para-hydroxylation sites is 1. The summed E-state index contributed by atoms with van der Waals surface area (Å²) in [4.78, 5) is 33.2. The second kappa shape index (κ2) is 9.42. The molecule has 3 heterocycles. The van der Waals surface area contributed by atoms with Crippen molar-refractivity contribution >= 4 is 22.8 Å². The number of ether oxygens (including phenoxy) is 2. The van der Waals surface area contributed by atoms with Gasteiger partial charge in [0.1, 0.15) is 11.5 Å². The van der Waals surface area contributed by atoms with Gasteiger partial charge in [-0.15, -0.1) is 0 Å². The molecule has 9 nitrogen and oxygen atoms in total. The second-order valence-electron chi connectivity index (χ2n) is 8.81. The molecule has 1 atom stereocenters. The maximum atomic E-state index is 13.4. The zero-order valence-electron chi connectivity index (χ0n) is 20.2. The number of benzene rings is 2. The number of rotatable bonds is 7. The molecular weight excluding hydrogens is 446 g/mol. The van der Waals surface area contributed by atoms with Crippen molar-refractivity contribution in [3.63, 3.8) is 0 Å². The van der Waals surface area contributed by atoms with Gasteiger partial charge < -0.3 is 18.9 Å². The highest BCUT2D eigenvalue weighted by Crippen LogP contribution is 2.34. The fourth-order valence-electron chi connectivity index (χ4n) is 4.54. The topological polar surface area (TPSA) is 83.5 Å². The van der Waals surface area contributed by atoms with Crippen LogP contribution in [-0.2, 0) is 24.9 Å². The molecule has 182 valence electrons. The molecule has 1 aliphatic heterocycles. The molecule has 1 aliphatic rings. The van der Waals surface area contributed by atoms with Crippen molar-refractivity contribution < 1.29 is 9.47 Å². The minimum Gasteiger partial charge on any atom is -0.457 e. The molecule has 0 fully saturated rings. The molecule has 0 saturated carbocycles. The van der Waals surface area contributed by atoms with E-state index in [1.54, 1.807) is 7.05 Å². The first-order valence-corrected chi connectivity index (χ1v) is 11.9. The first-order chi connectivity index (χ1) is 17.0. The van der Waals surface area contributed by atoms with Crippen molar-refractivity contribution in [1.82, 2.24) is 18.7 Å². The lowest BCUT2D eigenvalue weighted by molar-refractivity contribution is 0.137. The quantitative estimate of drug-likeness (QED) is 0.381. The Balaban J connectivity index is 1.54. The molecule has 0 unspecified atom stereocenters. The Bertz CT molecular complexity index is 1450. The van der Waals surface area contributed by atoms with E-state index < -0.39 is 0 Å². The Labute approximate surface area is 202 Å². The van der Waals surface area contributed by atoms with E-state index in [1.165, 1.54) is 9.13 Å². The van der Waals surface area contributed by atoms with Gasteiger partial charge in [0.25, 0.3) is 5.56 Å². The lowest BCUT2D eigenvalue weighted by atomic mass is 10.1. The summed E-state index contributed by atoms with van der Waals surface area (Å²) in [6, 6.07) is 17.4. The van der Waals surface area contributed by atoms with Crippen LogP contribution in [0.15, 0.2) is 64.2 Å². The van der Waals surface area contributed by atoms with Crippen LogP contribution in [0.3, 0.4) is 0 Å². The normalized spacial score (nSPS) is 15.4. The molecule has 0 N–H and O–H groups in total. The van der Waals surface area contributed by atoms with Gasteiger partial charge in [-0.3, -0.25) is 13.9 Å². The maximum absolute atomic E-state index is 13.4. The summed E-state index contributed by atoms with van der Waals surface area (Å²) >= 11 is 0. The van der Waals surface area contributed by atoms with Crippen molar-refractivity contribution in [2.45, 2.75) is 26.9 Å². The standard InChI is InChI=1S/C26H29N5O4/c1-4-34-15-14-29-24(32)22-23(28(3)26(29)33)27-25-30(16-18(2)17-31(22)25)19-10-12-21(13-11-19)35-20-8-6-5-7-9-20/h5-13,18H,4,14-17H2,1-3H3/t18-/m0/s1. The molecule has 5 rings (SSSR count). The zero-order valence-corrected chi connectivity index (χ0v) is 20.2. The van der Waals surface area contributed by atoms with E-state index in [9.17, 15) is 9.59 Å². The predicted octanol–water partition coefficient (Wildman–Crippen LogP) is 3.51. The monoisotopic (exact) mass is 475 g/mol. The summed E-state index contributed by atoms with van der Waals surface area (Å²) < 4.78 is 15.9. The largest absolute Gasteiger partial charge is 0.457 e. The van der Waals surface area contributed by atoms with E-state index in [4.69, 9.17) is 14.5 Å². The highest BCUT2D eigenvalue weighted by molar-refractivity contribution is 5.77. The van der Waals surface area contributed by atoms with E-state index in [2.05, 4.69) is 11.8 Å². The summed E-state index contributed by atoms with van der Waals surface area (Å²) in [5.74, 6) is 2.44. The summed E-state index contributed by atoms with van der Waals surface area (Å²) in [6.45, 7) is 6.46. The Morgan fingerprint density at radius 3 is 2.43 bits per heavy atom.